The van der Waals surface area contributed by atoms with Gasteiger partial charge in [-0.25, -0.2) is 0 Å². The molecule has 7 heteroatoms. The number of likely N-dealkylation sites (tertiary alicyclic amines) is 1. The number of methoxy groups -OCH3 is 1. The molecule has 0 saturated carbocycles. The van der Waals surface area contributed by atoms with E-state index >= 15 is 0 Å². The number of hydrogen-bond donors (Lipinski definition) is 1. The molecule has 0 radical (unpaired) electrons. The van der Waals surface area contributed by atoms with Gasteiger partial charge >= 0.3 is 0 Å². The van der Waals surface area contributed by atoms with Crippen molar-refractivity contribution >= 4 is 11.6 Å². The minimum absolute atomic E-state index is 0.0753. The Labute approximate surface area is 170 Å². The first kappa shape index (κ1) is 19.4. The van der Waals surface area contributed by atoms with E-state index in [1.165, 1.54) is 0 Å². The molecule has 1 aliphatic heterocycles. The number of para-hydroxylation sites is 1. The normalized spacial score (nSPS) is 15.5. The maximum atomic E-state index is 12.3. The standard InChI is InChI=1S/C22H27N5O2/c1-29-19-7-3-2-6-17(19)9-12-23-21(28)16-26-14-10-18(11-15-26)22-25-24-20-8-4-5-13-27(20)22/h2-8,13,18H,9-12,14-16H2,1H3,(H,23,28). The van der Waals surface area contributed by atoms with Crippen LogP contribution >= 0.6 is 0 Å². The molecule has 1 N–H and O–H groups in total. The molecule has 0 aliphatic carbocycles. The number of carbonyl (C=O) groups is 1. The number of pyridine rings is 1. The van der Waals surface area contributed by atoms with Crippen LogP contribution < -0.4 is 10.1 Å². The first-order valence-electron chi connectivity index (χ1n) is 10.1. The van der Waals surface area contributed by atoms with Gasteiger partial charge in [0, 0.05) is 18.7 Å². The van der Waals surface area contributed by atoms with E-state index in [-0.39, 0.29) is 5.91 Å². The topological polar surface area (TPSA) is 71.8 Å². The van der Waals surface area contributed by atoms with Gasteiger partial charge in [-0.05, 0) is 56.1 Å². The van der Waals surface area contributed by atoms with E-state index in [4.69, 9.17) is 4.74 Å². The summed E-state index contributed by atoms with van der Waals surface area (Å²) in [7, 11) is 1.67. The summed E-state index contributed by atoms with van der Waals surface area (Å²) in [6, 6.07) is 13.9. The van der Waals surface area contributed by atoms with Gasteiger partial charge in [0.15, 0.2) is 5.65 Å². The molecule has 0 spiro atoms. The third-order valence-electron chi connectivity index (χ3n) is 5.57. The van der Waals surface area contributed by atoms with E-state index in [1.807, 2.05) is 48.7 Å². The molecular weight excluding hydrogens is 366 g/mol. The number of nitrogens with zero attached hydrogens (tertiary/aromatic N) is 4. The largest absolute Gasteiger partial charge is 0.496 e. The molecule has 2 aromatic heterocycles. The van der Waals surface area contributed by atoms with E-state index in [2.05, 4.69) is 24.8 Å². The van der Waals surface area contributed by atoms with Crippen molar-refractivity contribution < 1.29 is 9.53 Å². The fourth-order valence-corrected chi connectivity index (χ4v) is 3.99. The quantitative estimate of drug-likeness (QED) is 0.667. The highest BCUT2D eigenvalue weighted by atomic mass is 16.5. The van der Waals surface area contributed by atoms with Gasteiger partial charge in [-0.1, -0.05) is 24.3 Å². The highest BCUT2D eigenvalue weighted by Gasteiger charge is 2.25. The fourth-order valence-electron chi connectivity index (χ4n) is 3.99. The number of nitrogens with one attached hydrogen (secondary N) is 1. The lowest BCUT2D eigenvalue weighted by molar-refractivity contribution is -0.122. The number of aromatic nitrogens is 3. The lowest BCUT2D eigenvalue weighted by atomic mass is 9.96. The first-order valence-corrected chi connectivity index (χ1v) is 10.1. The summed E-state index contributed by atoms with van der Waals surface area (Å²) in [6.45, 7) is 2.85. The lowest BCUT2D eigenvalue weighted by Gasteiger charge is -2.30. The van der Waals surface area contributed by atoms with Crippen LogP contribution in [-0.2, 0) is 11.2 Å². The van der Waals surface area contributed by atoms with Crippen LogP contribution in [0.5, 0.6) is 5.75 Å². The fraction of sp³-hybridized carbons (Fsp3) is 0.409. The van der Waals surface area contributed by atoms with Crippen LogP contribution in [0.4, 0.5) is 0 Å². The molecule has 1 aliphatic rings. The minimum atomic E-state index is 0.0753. The van der Waals surface area contributed by atoms with Gasteiger partial charge in [0.25, 0.3) is 0 Å². The Kier molecular flexibility index (Phi) is 6.05. The molecule has 4 rings (SSSR count). The maximum absolute atomic E-state index is 12.3. The predicted molar refractivity (Wildman–Crippen MR) is 111 cm³/mol. The minimum Gasteiger partial charge on any atom is -0.496 e. The van der Waals surface area contributed by atoms with Crippen LogP contribution in [0, 0.1) is 0 Å². The van der Waals surface area contributed by atoms with Crippen LogP contribution in [0.2, 0.25) is 0 Å². The van der Waals surface area contributed by atoms with Gasteiger partial charge in [0.2, 0.25) is 5.91 Å². The van der Waals surface area contributed by atoms with Crippen LogP contribution in [0.15, 0.2) is 48.7 Å². The van der Waals surface area contributed by atoms with Crippen molar-refractivity contribution in [2.75, 3.05) is 33.3 Å². The van der Waals surface area contributed by atoms with Crippen molar-refractivity contribution in [3.05, 3.63) is 60.0 Å². The summed E-state index contributed by atoms with van der Waals surface area (Å²) in [4.78, 5) is 14.6. The average molecular weight is 393 g/mol. The Bertz CT molecular complexity index is 963. The Hall–Kier alpha value is -2.93. The SMILES string of the molecule is COc1ccccc1CCNC(=O)CN1CCC(c2nnc3ccccn23)CC1. The van der Waals surface area contributed by atoms with E-state index in [9.17, 15) is 4.79 Å². The molecule has 7 nitrogen and oxygen atoms in total. The zero-order chi connectivity index (χ0) is 20.1. The summed E-state index contributed by atoms with van der Waals surface area (Å²) in [6.07, 6.45) is 4.76. The molecule has 1 aromatic carbocycles. The lowest BCUT2D eigenvalue weighted by Crippen LogP contribution is -2.41. The molecule has 0 bridgehead atoms. The van der Waals surface area contributed by atoms with Gasteiger partial charge in [-0.3, -0.25) is 14.1 Å². The third-order valence-corrected chi connectivity index (χ3v) is 5.57. The number of rotatable bonds is 7. The molecule has 29 heavy (non-hydrogen) atoms. The maximum Gasteiger partial charge on any atom is 0.234 e. The zero-order valence-corrected chi connectivity index (χ0v) is 16.8. The first-order chi connectivity index (χ1) is 14.2. The van der Waals surface area contributed by atoms with Crippen LogP contribution in [-0.4, -0.2) is 58.7 Å². The van der Waals surface area contributed by atoms with E-state index < -0.39 is 0 Å². The summed E-state index contributed by atoms with van der Waals surface area (Å²) in [5.74, 6) is 2.36. The summed E-state index contributed by atoms with van der Waals surface area (Å²) in [5, 5.41) is 11.7. The van der Waals surface area contributed by atoms with Crippen molar-refractivity contribution in [2.45, 2.75) is 25.2 Å². The van der Waals surface area contributed by atoms with Crippen molar-refractivity contribution in [2.24, 2.45) is 0 Å². The molecule has 152 valence electrons. The highest BCUT2D eigenvalue weighted by Crippen LogP contribution is 2.26. The molecule has 1 fully saturated rings. The Morgan fingerprint density at radius 2 is 1.93 bits per heavy atom. The Morgan fingerprint density at radius 1 is 1.14 bits per heavy atom. The van der Waals surface area contributed by atoms with Crippen LogP contribution in [0.1, 0.15) is 30.1 Å². The number of piperidine rings is 1. The summed E-state index contributed by atoms with van der Waals surface area (Å²) < 4.78 is 7.43. The zero-order valence-electron chi connectivity index (χ0n) is 16.8. The van der Waals surface area contributed by atoms with Gasteiger partial charge in [0.1, 0.15) is 11.6 Å². The van der Waals surface area contributed by atoms with Gasteiger partial charge in [-0.15, -0.1) is 10.2 Å². The third kappa shape index (κ3) is 4.56. The smallest absolute Gasteiger partial charge is 0.234 e. The molecule has 3 aromatic rings. The Morgan fingerprint density at radius 3 is 2.76 bits per heavy atom. The molecule has 1 saturated heterocycles. The number of benzene rings is 1. The second-order valence-electron chi connectivity index (χ2n) is 7.45. The van der Waals surface area contributed by atoms with Crippen LogP contribution in [0.25, 0.3) is 5.65 Å². The second kappa shape index (κ2) is 9.05. The van der Waals surface area contributed by atoms with Crippen molar-refractivity contribution in [3.63, 3.8) is 0 Å². The molecule has 0 atom stereocenters. The monoisotopic (exact) mass is 393 g/mol. The van der Waals surface area contributed by atoms with Gasteiger partial charge in [0.05, 0.1) is 13.7 Å². The highest BCUT2D eigenvalue weighted by molar-refractivity contribution is 5.78. The number of fused-ring (bicyclic) bond motifs is 1. The van der Waals surface area contributed by atoms with E-state index in [0.717, 1.165) is 55.1 Å². The van der Waals surface area contributed by atoms with Crippen LogP contribution in [0.3, 0.4) is 0 Å². The summed E-state index contributed by atoms with van der Waals surface area (Å²) in [5.41, 5.74) is 2.00. The number of hydrogen-bond acceptors (Lipinski definition) is 5. The molecule has 3 heterocycles. The van der Waals surface area contributed by atoms with Crippen molar-refractivity contribution in [1.82, 2.24) is 24.8 Å². The van der Waals surface area contributed by atoms with E-state index in [0.29, 0.717) is 19.0 Å². The second-order valence-corrected chi connectivity index (χ2v) is 7.45. The summed E-state index contributed by atoms with van der Waals surface area (Å²) >= 11 is 0. The number of amides is 1. The molecule has 1 amide bonds. The average Bonchev–Trinajstić information content (AvgIpc) is 3.19. The van der Waals surface area contributed by atoms with Gasteiger partial charge < -0.3 is 10.1 Å². The molecule has 0 unspecified atom stereocenters. The van der Waals surface area contributed by atoms with Crippen molar-refractivity contribution in [1.29, 1.82) is 0 Å². The number of carbonyl (C=O) groups excluding carboxylic acids is 1. The van der Waals surface area contributed by atoms with E-state index in [1.54, 1.807) is 7.11 Å². The molecular formula is C22H27N5O2. The number of ether oxygens (including phenoxy) is 1. The van der Waals surface area contributed by atoms with Crippen molar-refractivity contribution in [3.8, 4) is 5.75 Å². The Balaban J connectivity index is 1.23. The predicted octanol–water partition coefficient (Wildman–Crippen LogP) is 2.28. The van der Waals surface area contributed by atoms with Gasteiger partial charge in [-0.2, -0.15) is 0 Å².